The molecule has 4 rings (SSSR count). The Labute approximate surface area is 178 Å². The highest BCUT2D eigenvalue weighted by molar-refractivity contribution is 6.33. The Morgan fingerprint density at radius 2 is 1.83 bits per heavy atom. The first-order valence-corrected chi connectivity index (χ1v) is 9.79. The molecule has 0 saturated heterocycles. The summed E-state index contributed by atoms with van der Waals surface area (Å²) in [6, 6.07) is 20.4. The van der Waals surface area contributed by atoms with Crippen molar-refractivity contribution in [1.82, 2.24) is 5.01 Å². The van der Waals surface area contributed by atoms with Crippen LogP contribution in [0.25, 0.3) is 0 Å². The Bertz CT molecular complexity index is 1180. The number of para-hydroxylation sites is 1. The fourth-order valence-corrected chi connectivity index (χ4v) is 3.85. The molecule has 150 valence electrons. The van der Waals surface area contributed by atoms with E-state index in [0.717, 1.165) is 11.1 Å². The highest BCUT2D eigenvalue weighted by Gasteiger charge is 2.37. The average Bonchev–Trinajstić information content (AvgIpc) is 3.19. The third kappa shape index (κ3) is 3.69. The normalized spacial score (nSPS) is 15.7. The first-order valence-electron chi connectivity index (χ1n) is 9.41. The van der Waals surface area contributed by atoms with Crippen LogP contribution in [0.15, 0.2) is 77.9 Å². The zero-order chi connectivity index (χ0) is 21.3. The van der Waals surface area contributed by atoms with Gasteiger partial charge in [-0.15, -0.1) is 0 Å². The van der Waals surface area contributed by atoms with Crippen LogP contribution in [0.1, 0.15) is 39.5 Å². The molecule has 30 heavy (non-hydrogen) atoms. The number of aryl methyl sites for hydroxylation is 1. The van der Waals surface area contributed by atoms with E-state index < -0.39 is 16.9 Å². The second-order valence-electron chi connectivity index (χ2n) is 7.08. The molecule has 0 bridgehead atoms. The molecule has 3 aromatic carbocycles. The number of hydrogen-bond donors (Lipinski definition) is 0. The van der Waals surface area contributed by atoms with E-state index in [-0.39, 0.29) is 5.69 Å². The van der Waals surface area contributed by atoms with Gasteiger partial charge in [-0.1, -0.05) is 65.7 Å². The van der Waals surface area contributed by atoms with Crippen LogP contribution in [0.5, 0.6) is 0 Å². The van der Waals surface area contributed by atoms with E-state index in [4.69, 9.17) is 11.6 Å². The molecule has 0 spiro atoms. The number of hydrogen-bond acceptors (Lipinski definition) is 4. The smallest absolute Gasteiger partial charge is 0.267 e. The van der Waals surface area contributed by atoms with Crippen molar-refractivity contribution in [1.29, 1.82) is 0 Å². The average molecular weight is 420 g/mol. The summed E-state index contributed by atoms with van der Waals surface area (Å²) in [6.07, 6.45) is 0.366. The fraction of sp³-hybridized carbons (Fsp3) is 0.130. The van der Waals surface area contributed by atoms with Gasteiger partial charge in [0.2, 0.25) is 0 Å². The van der Waals surface area contributed by atoms with Crippen LogP contribution in [0.4, 0.5) is 5.69 Å². The first-order chi connectivity index (χ1) is 14.5. The summed E-state index contributed by atoms with van der Waals surface area (Å²) < 4.78 is 0. The van der Waals surface area contributed by atoms with Gasteiger partial charge in [-0.2, -0.15) is 5.10 Å². The number of nitro groups is 1. The Balaban J connectivity index is 1.82. The lowest BCUT2D eigenvalue weighted by atomic mass is 9.96. The number of carbonyl (C=O) groups is 1. The number of nitrogens with zero attached hydrogens (tertiary/aromatic N) is 3. The van der Waals surface area contributed by atoms with Crippen molar-refractivity contribution in [2.75, 3.05) is 0 Å². The molecular weight excluding hydrogens is 402 g/mol. The van der Waals surface area contributed by atoms with Crippen molar-refractivity contribution in [3.63, 3.8) is 0 Å². The minimum absolute atomic E-state index is 0.0415. The fourth-order valence-electron chi connectivity index (χ4n) is 3.63. The molecule has 0 N–H and O–H groups in total. The van der Waals surface area contributed by atoms with Crippen molar-refractivity contribution >= 4 is 28.9 Å². The molecule has 6 nitrogen and oxygen atoms in total. The molecule has 1 atom stereocenters. The van der Waals surface area contributed by atoms with Crippen LogP contribution in [0.3, 0.4) is 0 Å². The maximum Gasteiger partial charge on any atom is 0.276 e. The molecule has 1 amide bonds. The Morgan fingerprint density at radius 3 is 2.57 bits per heavy atom. The summed E-state index contributed by atoms with van der Waals surface area (Å²) >= 11 is 6.24. The summed E-state index contributed by atoms with van der Waals surface area (Å²) in [6.45, 7) is 1.98. The first kappa shape index (κ1) is 19.8. The van der Waals surface area contributed by atoms with Crippen molar-refractivity contribution < 1.29 is 9.72 Å². The summed E-state index contributed by atoms with van der Waals surface area (Å²) in [7, 11) is 0. The molecule has 1 aliphatic rings. The monoisotopic (exact) mass is 419 g/mol. The highest BCUT2D eigenvalue weighted by Crippen LogP contribution is 2.38. The van der Waals surface area contributed by atoms with Gasteiger partial charge in [0, 0.05) is 12.5 Å². The lowest BCUT2D eigenvalue weighted by Crippen LogP contribution is -2.27. The molecular formula is C23H18ClN3O3. The Hall–Kier alpha value is -3.51. The molecule has 7 heteroatoms. The van der Waals surface area contributed by atoms with Gasteiger partial charge in [-0.25, -0.2) is 5.01 Å². The van der Waals surface area contributed by atoms with Crippen LogP contribution in [-0.4, -0.2) is 21.6 Å². The summed E-state index contributed by atoms with van der Waals surface area (Å²) in [4.78, 5) is 24.5. The van der Waals surface area contributed by atoms with Gasteiger partial charge in [0.15, 0.2) is 0 Å². The van der Waals surface area contributed by atoms with Gasteiger partial charge >= 0.3 is 0 Å². The standard InChI is InChI=1S/C23H18ClN3O3/c1-15-7-6-8-16(13-15)20-14-22(18-10-3-5-12-21(18)27(29)30)26(25-20)23(28)17-9-2-4-11-19(17)24/h2-13,22H,14H2,1H3/t22-/m0/s1. The van der Waals surface area contributed by atoms with Crippen LogP contribution in [0, 0.1) is 17.0 Å². The number of rotatable bonds is 4. The largest absolute Gasteiger partial charge is 0.276 e. The number of benzene rings is 3. The van der Waals surface area contributed by atoms with E-state index in [9.17, 15) is 14.9 Å². The van der Waals surface area contributed by atoms with E-state index in [1.807, 2.05) is 31.2 Å². The van der Waals surface area contributed by atoms with Crippen LogP contribution < -0.4 is 0 Å². The van der Waals surface area contributed by atoms with E-state index in [1.54, 1.807) is 42.5 Å². The van der Waals surface area contributed by atoms with Crippen molar-refractivity contribution in [3.8, 4) is 0 Å². The van der Waals surface area contributed by atoms with Gasteiger partial charge < -0.3 is 0 Å². The molecule has 1 heterocycles. The molecule has 0 saturated carbocycles. The highest BCUT2D eigenvalue weighted by atomic mass is 35.5. The van der Waals surface area contributed by atoms with Gasteiger partial charge in [0.25, 0.3) is 11.6 Å². The number of carbonyl (C=O) groups excluding carboxylic acids is 1. The van der Waals surface area contributed by atoms with E-state index in [1.165, 1.54) is 11.1 Å². The summed E-state index contributed by atoms with van der Waals surface area (Å²) in [5, 5.41) is 17.8. The van der Waals surface area contributed by atoms with E-state index >= 15 is 0 Å². The Morgan fingerprint density at radius 1 is 1.10 bits per heavy atom. The molecule has 0 aromatic heterocycles. The zero-order valence-electron chi connectivity index (χ0n) is 16.2. The second kappa shape index (κ2) is 8.08. The SMILES string of the molecule is Cc1cccc(C2=NN(C(=O)c3ccccc3Cl)[C@H](c3ccccc3[N+](=O)[O-])C2)c1. The number of hydrazone groups is 1. The van der Waals surface area contributed by atoms with E-state index in [0.29, 0.717) is 28.3 Å². The van der Waals surface area contributed by atoms with Crippen LogP contribution in [-0.2, 0) is 0 Å². The van der Waals surface area contributed by atoms with Crippen molar-refractivity contribution in [3.05, 3.63) is 110 Å². The lowest BCUT2D eigenvalue weighted by molar-refractivity contribution is -0.385. The minimum Gasteiger partial charge on any atom is -0.267 e. The summed E-state index contributed by atoms with van der Waals surface area (Å²) in [5.41, 5.74) is 3.34. The van der Waals surface area contributed by atoms with Gasteiger partial charge in [-0.3, -0.25) is 14.9 Å². The maximum atomic E-state index is 13.3. The summed E-state index contributed by atoms with van der Waals surface area (Å²) in [5.74, 6) is -0.397. The zero-order valence-corrected chi connectivity index (χ0v) is 16.9. The topological polar surface area (TPSA) is 75.8 Å². The minimum atomic E-state index is -0.606. The van der Waals surface area contributed by atoms with Crippen LogP contribution >= 0.6 is 11.6 Å². The third-order valence-electron chi connectivity index (χ3n) is 5.07. The molecule has 0 unspecified atom stereocenters. The molecule has 1 aliphatic heterocycles. The molecule has 0 fully saturated rings. The van der Waals surface area contributed by atoms with Gasteiger partial charge in [0.1, 0.15) is 0 Å². The number of amides is 1. The van der Waals surface area contributed by atoms with E-state index in [2.05, 4.69) is 5.10 Å². The van der Waals surface area contributed by atoms with Gasteiger partial charge in [0.05, 0.1) is 32.8 Å². The van der Waals surface area contributed by atoms with Crippen molar-refractivity contribution in [2.45, 2.75) is 19.4 Å². The van der Waals surface area contributed by atoms with Crippen molar-refractivity contribution in [2.24, 2.45) is 5.10 Å². The van der Waals surface area contributed by atoms with Gasteiger partial charge in [-0.05, 0) is 30.7 Å². The number of halogens is 1. The quantitative estimate of drug-likeness (QED) is 0.411. The molecule has 0 radical (unpaired) electrons. The predicted molar refractivity (Wildman–Crippen MR) is 116 cm³/mol. The maximum absolute atomic E-state index is 13.3. The third-order valence-corrected chi connectivity index (χ3v) is 5.40. The lowest BCUT2D eigenvalue weighted by Gasteiger charge is -2.22. The Kier molecular flexibility index (Phi) is 5.33. The molecule has 0 aliphatic carbocycles. The second-order valence-corrected chi connectivity index (χ2v) is 7.49. The molecule has 3 aromatic rings. The predicted octanol–water partition coefficient (Wildman–Crippen LogP) is 5.55. The number of nitro benzene ring substituents is 1. The van der Waals surface area contributed by atoms with Crippen LogP contribution in [0.2, 0.25) is 5.02 Å².